The molecule has 0 amide bonds. The number of hydrogen-bond acceptors (Lipinski definition) is 5. The van der Waals surface area contributed by atoms with Gasteiger partial charge in [0.2, 0.25) is 0 Å². The van der Waals surface area contributed by atoms with Crippen LogP contribution in [0, 0.1) is 0 Å². The lowest BCUT2D eigenvalue weighted by atomic mass is 9.97. The van der Waals surface area contributed by atoms with Crippen LogP contribution in [0.3, 0.4) is 0 Å². The number of nitrogens with two attached hydrogens (primary N) is 1. The van der Waals surface area contributed by atoms with Crippen LogP contribution in [-0.2, 0) is 14.6 Å². The molecule has 1 aliphatic carbocycles. The van der Waals surface area contributed by atoms with Gasteiger partial charge in [0.05, 0.1) is 11.4 Å². The second-order valence-electron chi connectivity index (χ2n) is 5.00. The van der Waals surface area contributed by atoms with Crippen molar-refractivity contribution < 1.29 is 13.2 Å². The quantitative estimate of drug-likeness (QED) is 0.700. The molecule has 17 heavy (non-hydrogen) atoms. The van der Waals surface area contributed by atoms with E-state index in [2.05, 4.69) is 5.32 Å². The van der Waals surface area contributed by atoms with Gasteiger partial charge in [-0.15, -0.1) is 0 Å². The Labute approximate surface area is 104 Å². The second kappa shape index (κ2) is 5.65. The minimum Gasteiger partial charge on any atom is -0.380 e. The van der Waals surface area contributed by atoms with E-state index in [1.54, 1.807) is 7.11 Å². The van der Waals surface area contributed by atoms with Gasteiger partial charge in [-0.3, -0.25) is 0 Å². The average molecular weight is 264 g/mol. The maximum absolute atomic E-state index is 11.8. The van der Waals surface area contributed by atoms with Gasteiger partial charge >= 0.3 is 0 Å². The highest BCUT2D eigenvalue weighted by molar-refractivity contribution is 7.91. The topological polar surface area (TPSA) is 81.4 Å². The molecule has 1 saturated carbocycles. The van der Waals surface area contributed by atoms with Gasteiger partial charge < -0.3 is 15.8 Å². The molecule has 0 spiro atoms. The summed E-state index contributed by atoms with van der Waals surface area (Å²) in [4.78, 5) is 0. The molecule has 0 heterocycles. The number of hydrogen-bond donors (Lipinski definition) is 2. The van der Waals surface area contributed by atoms with Gasteiger partial charge in [0.1, 0.15) is 0 Å². The predicted octanol–water partition coefficient (Wildman–Crippen LogP) is -0.0945. The first-order chi connectivity index (χ1) is 7.85. The molecule has 3 atom stereocenters. The van der Waals surface area contributed by atoms with Crippen molar-refractivity contribution in [3.63, 3.8) is 0 Å². The Balaban J connectivity index is 2.79. The molecule has 0 radical (unpaired) electrons. The standard InChI is InChI=1S/C11H24N2O3S/c1-9(16-2)7-13-11(8-12)6-4-5-10(11)17(3,14)15/h9-10,13H,4-8,12H2,1-3H3. The Hall–Kier alpha value is -0.170. The van der Waals surface area contributed by atoms with Crippen molar-refractivity contribution in [1.82, 2.24) is 5.32 Å². The molecule has 1 fully saturated rings. The molecule has 0 bridgehead atoms. The molecule has 0 aliphatic heterocycles. The summed E-state index contributed by atoms with van der Waals surface area (Å²) in [5, 5.41) is 2.95. The van der Waals surface area contributed by atoms with Gasteiger partial charge in [0, 0.05) is 32.0 Å². The second-order valence-corrected chi connectivity index (χ2v) is 7.23. The van der Waals surface area contributed by atoms with E-state index in [0.717, 1.165) is 12.8 Å². The molecule has 0 aromatic rings. The first-order valence-electron chi connectivity index (χ1n) is 6.02. The van der Waals surface area contributed by atoms with Gasteiger partial charge in [0.15, 0.2) is 9.84 Å². The summed E-state index contributed by atoms with van der Waals surface area (Å²) in [7, 11) is -1.42. The zero-order valence-corrected chi connectivity index (χ0v) is 11.7. The molecule has 102 valence electrons. The van der Waals surface area contributed by atoms with Crippen LogP contribution >= 0.6 is 0 Å². The highest BCUT2D eigenvalue weighted by Gasteiger charge is 2.46. The summed E-state index contributed by atoms with van der Waals surface area (Å²) in [6.45, 7) is 2.92. The maximum atomic E-state index is 11.8. The van der Waals surface area contributed by atoms with Crippen molar-refractivity contribution in [3.8, 4) is 0 Å². The predicted molar refractivity (Wildman–Crippen MR) is 68.7 cm³/mol. The lowest BCUT2D eigenvalue weighted by Crippen LogP contribution is -2.59. The minimum atomic E-state index is -3.06. The zero-order chi connectivity index (χ0) is 13.1. The number of methoxy groups -OCH3 is 1. The van der Waals surface area contributed by atoms with Crippen LogP contribution in [0.25, 0.3) is 0 Å². The molecule has 0 saturated heterocycles. The Morgan fingerprint density at radius 1 is 1.59 bits per heavy atom. The van der Waals surface area contributed by atoms with Crippen LogP contribution < -0.4 is 11.1 Å². The number of ether oxygens (including phenoxy) is 1. The van der Waals surface area contributed by atoms with E-state index in [4.69, 9.17) is 10.5 Å². The Morgan fingerprint density at radius 2 is 2.24 bits per heavy atom. The first kappa shape index (κ1) is 14.9. The summed E-state index contributed by atoms with van der Waals surface area (Å²) < 4.78 is 28.8. The third-order valence-electron chi connectivity index (χ3n) is 3.73. The van der Waals surface area contributed by atoms with E-state index in [-0.39, 0.29) is 11.4 Å². The minimum absolute atomic E-state index is 0.0548. The van der Waals surface area contributed by atoms with Gasteiger partial charge in [0.25, 0.3) is 0 Å². The van der Waals surface area contributed by atoms with E-state index in [1.165, 1.54) is 6.26 Å². The molecular formula is C11H24N2O3S. The normalized spacial score (nSPS) is 31.6. The van der Waals surface area contributed by atoms with Crippen LogP contribution in [0.4, 0.5) is 0 Å². The van der Waals surface area contributed by atoms with Crippen molar-refractivity contribution in [2.75, 3.05) is 26.5 Å². The monoisotopic (exact) mass is 264 g/mol. The molecule has 1 aliphatic rings. The SMILES string of the molecule is COC(C)CNC1(CN)CCCC1S(C)(=O)=O. The molecule has 6 heteroatoms. The summed E-state index contributed by atoms with van der Waals surface area (Å²) >= 11 is 0. The largest absolute Gasteiger partial charge is 0.380 e. The molecule has 0 aromatic heterocycles. The van der Waals surface area contributed by atoms with Crippen LogP contribution in [-0.4, -0.2) is 51.8 Å². The Kier molecular flexibility index (Phi) is 4.95. The number of rotatable bonds is 6. The third kappa shape index (κ3) is 3.40. The van der Waals surface area contributed by atoms with Crippen LogP contribution in [0.5, 0.6) is 0 Å². The summed E-state index contributed by atoms with van der Waals surface area (Å²) in [5.41, 5.74) is 5.34. The third-order valence-corrected chi connectivity index (χ3v) is 5.45. The van der Waals surface area contributed by atoms with Gasteiger partial charge in [-0.2, -0.15) is 0 Å². The smallest absolute Gasteiger partial charge is 0.152 e. The molecule has 3 N–H and O–H groups in total. The Morgan fingerprint density at radius 3 is 2.71 bits per heavy atom. The molecular weight excluding hydrogens is 240 g/mol. The van der Waals surface area contributed by atoms with Crippen molar-refractivity contribution in [2.45, 2.75) is 43.1 Å². The Bertz CT molecular complexity index is 345. The molecule has 1 rings (SSSR count). The van der Waals surface area contributed by atoms with E-state index in [1.807, 2.05) is 6.92 Å². The summed E-state index contributed by atoms with van der Waals surface area (Å²) in [5.74, 6) is 0. The van der Waals surface area contributed by atoms with Crippen molar-refractivity contribution in [3.05, 3.63) is 0 Å². The fraction of sp³-hybridized carbons (Fsp3) is 1.00. The van der Waals surface area contributed by atoms with Gasteiger partial charge in [-0.25, -0.2) is 8.42 Å². The van der Waals surface area contributed by atoms with E-state index in [0.29, 0.717) is 19.5 Å². The van der Waals surface area contributed by atoms with Crippen LogP contribution in [0.2, 0.25) is 0 Å². The maximum Gasteiger partial charge on any atom is 0.152 e. The lowest BCUT2D eigenvalue weighted by Gasteiger charge is -2.35. The molecule has 3 unspecified atom stereocenters. The van der Waals surface area contributed by atoms with Crippen molar-refractivity contribution in [1.29, 1.82) is 0 Å². The number of sulfone groups is 1. The molecule has 5 nitrogen and oxygen atoms in total. The van der Waals surface area contributed by atoms with Crippen LogP contribution in [0.15, 0.2) is 0 Å². The summed E-state index contributed by atoms with van der Waals surface area (Å²) in [6.07, 6.45) is 3.78. The summed E-state index contributed by atoms with van der Waals surface area (Å²) in [6, 6.07) is 0. The average Bonchev–Trinajstić information content (AvgIpc) is 2.70. The highest BCUT2D eigenvalue weighted by Crippen LogP contribution is 2.34. The van der Waals surface area contributed by atoms with E-state index >= 15 is 0 Å². The first-order valence-corrected chi connectivity index (χ1v) is 7.98. The van der Waals surface area contributed by atoms with E-state index in [9.17, 15) is 8.42 Å². The zero-order valence-electron chi connectivity index (χ0n) is 10.9. The number of nitrogens with one attached hydrogen (secondary N) is 1. The van der Waals surface area contributed by atoms with Crippen molar-refractivity contribution >= 4 is 9.84 Å². The fourth-order valence-corrected chi connectivity index (χ4v) is 4.31. The molecule has 0 aromatic carbocycles. The highest BCUT2D eigenvalue weighted by atomic mass is 32.2. The van der Waals surface area contributed by atoms with Crippen molar-refractivity contribution in [2.24, 2.45) is 5.73 Å². The van der Waals surface area contributed by atoms with E-state index < -0.39 is 15.4 Å². The lowest BCUT2D eigenvalue weighted by molar-refractivity contribution is 0.107. The fourth-order valence-electron chi connectivity index (χ4n) is 2.60. The van der Waals surface area contributed by atoms with Gasteiger partial charge in [-0.05, 0) is 19.8 Å². The van der Waals surface area contributed by atoms with Gasteiger partial charge in [-0.1, -0.05) is 6.42 Å². The van der Waals surface area contributed by atoms with Crippen LogP contribution in [0.1, 0.15) is 26.2 Å².